The monoisotopic (exact) mass is 196 g/mol. The van der Waals surface area contributed by atoms with Crippen LogP contribution in [0.2, 0.25) is 0 Å². The molecule has 3 rings (SSSR count). The van der Waals surface area contributed by atoms with Crippen molar-refractivity contribution in [3.05, 3.63) is 0 Å². The molecule has 0 radical (unpaired) electrons. The predicted molar refractivity (Wildman–Crippen MR) is 40.4 cm³/mol. The van der Waals surface area contributed by atoms with Crippen molar-refractivity contribution in [3.8, 4) is 0 Å². The number of rotatable bonds is 1. The van der Waals surface area contributed by atoms with E-state index < -0.39 is 36.5 Å². The second-order valence-corrected chi connectivity index (χ2v) is 4.16. The van der Waals surface area contributed by atoms with Crippen molar-refractivity contribution in [2.24, 2.45) is 11.8 Å². The Morgan fingerprint density at radius 1 is 1.31 bits per heavy atom. The number of fused-ring (bicyclic) bond motifs is 3. The predicted octanol–water partition coefficient (Wildman–Crippen LogP) is 2.77. The van der Waals surface area contributed by atoms with E-state index in [1.165, 1.54) is 0 Å². The van der Waals surface area contributed by atoms with E-state index in [-0.39, 0.29) is 19.3 Å². The van der Waals surface area contributed by atoms with E-state index in [9.17, 15) is 17.6 Å². The molecule has 0 aromatic carbocycles. The Hall–Kier alpha value is -0.280. The molecule has 0 aromatic rings. The minimum Gasteiger partial charge on any atom is -0.251 e. The molecule has 5 atom stereocenters. The van der Waals surface area contributed by atoms with E-state index in [1.807, 2.05) is 0 Å². The van der Waals surface area contributed by atoms with Gasteiger partial charge in [-0.2, -0.15) is 0 Å². The van der Waals surface area contributed by atoms with E-state index in [1.54, 1.807) is 0 Å². The van der Waals surface area contributed by atoms with E-state index >= 15 is 0 Å². The molecular formula is C9H12F4. The van der Waals surface area contributed by atoms with E-state index in [0.29, 0.717) is 0 Å². The number of hydrogen-bond donors (Lipinski definition) is 0. The molecule has 0 aliphatic heterocycles. The molecule has 76 valence electrons. The first kappa shape index (κ1) is 9.28. The van der Waals surface area contributed by atoms with Crippen molar-refractivity contribution < 1.29 is 17.6 Å². The highest BCUT2D eigenvalue weighted by Crippen LogP contribution is 2.55. The smallest absolute Gasteiger partial charge is 0.135 e. The van der Waals surface area contributed by atoms with Gasteiger partial charge in [-0.1, -0.05) is 0 Å². The highest BCUT2D eigenvalue weighted by atomic mass is 19.2. The van der Waals surface area contributed by atoms with E-state index in [2.05, 4.69) is 0 Å². The summed E-state index contributed by atoms with van der Waals surface area (Å²) >= 11 is 0. The molecule has 4 heteroatoms. The second-order valence-electron chi connectivity index (χ2n) is 4.16. The Labute approximate surface area is 74.3 Å². The molecule has 3 unspecified atom stereocenters. The lowest BCUT2D eigenvalue weighted by atomic mass is 9.61. The van der Waals surface area contributed by atoms with Crippen LogP contribution in [0, 0.1) is 11.8 Å². The van der Waals surface area contributed by atoms with Crippen molar-refractivity contribution in [3.63, 3.8) is 0 Å². The van der Waals surface area contributed by atoms with Gasteiger partial charge in [0.05, 0.1) is 6.67 Å². The standard InChI is InChI=1S/C9H12F4/c10-4-6-5-3-9(6,13)2-1-7(11)8(5)12/h5-8H,1-4H2/t5-,6?,7?,8?,9-/m0/s1. The third-order valence-corrected chi connectivity index (χ3v) is 3.51. The second kappa shape index (κ2) is 2.85. The Balaban J connectivity index is 2.17. The van der Waals surface area contributed by atoms with Crippen LogP contribution in [0.4, 0.5) is 17.6 Å². The SMILES string of the molecule is FCC1[C@@H]2C[C@@]1(F)CCC(F)C2F. The van der Waals surface area contributed by atoms with Gasteiger partial charge in [0.15, 0.2) is 0 Å². The molecule has 2 bridgehead atoms. The maximum absolute atomic E-state index is 13.6. The van der Waals surface area contributed by atoms with Crippen LogP contribution < -0.4 is 0 Å². The van der Waals surface area contributed by atoms with Crippen molar-refractivity contribution in [2.75, 3.05) is 6.67 Å². The molecule has 3 saturated carbocycles. The molecule has 13 heavy (non-hydrogen) atoms. The zero-order valence-corrected chi connectivity index (χ0v) is 7.15. The molecule has 0 aromatic heterocycles. The summed E-state index contributed by atoms with van der Waals surface area (Å²) < 4.78 is 52.1. The van der Waals surface area contributed by atoms with Crippen molar-refractivity contribution in [1.29, 1.82) is 0 Å². The van der Waals surface area contributed by atoms with Crippen molar-refractivity contribution in [1.82, 2.24) is 0 Å². The van der Waals surface area contributed by atoms with Crippen molar-refractivity contribution >= 4 is 0 Å². The average molecular weight is 196 g/mol. The molecule has 0 spiro atoms. The summed E-state index contributed by atoms with van der Waals surface area (Å²) in [6, 6.07) is 0. The first-order valence-electron chi connectivity index (χ1n) is 4.61. The highest BCUT2D eigenvalue weighted by Gasteiger charge is 2.60. The molecule has 0 saturated heterocycles. The van der Waals surface area contributed by atoms with Gasteiger partial charge in [0, 0.05) is 11.8 Å². The number of hydrogen-bond acceptors (Lipinski definition) is 0. The largest absolute Gasteiger partial charge is 0.251 e. The lowest BCUT2D eigenvalue weighted by Crippen LogP contribution is -2.53. The van der Waals surface area contributed by atoms with Crippen LogP contribution >= 0.6 is 0 Å². The fourth-order valence-electron chi connectivity index (χ4n) is 2.59. The van der Waals surface area contributed by atoms with Crippen molar-refractivity contribution in [2.45, 2.75) is 37.3 Å². The Morgan fingerprint density at radius 3 is 2.62 bits per heavy atom. The van der Waals surface area contributed by atoms with Gasteiger partial charge in [-0.3, -0.25) is 4.39 Å². The Bertz CT molecular complexity index is 204. The fourth-order valence-corrected chi connectivity index (χ4v) is 2.59. The molecule has 0 nitrogen and oxygen atoms in total. The van der Waals surface area contributed by atoms with Gasteiger partial charge in [-0.25, -0.2) is 13.2 Å². The van der Waals surface area contributed by atoms with Gasteiger partial charge < -0.3 is 0 Å². The fraction of sp³-hybridized carbons (Fsp3) is 1.00. The summed E-state index contributed by atoms with van der Waals surface area (Å²) in [7, 11) is 0. The van der Waals surface area contributed by atoms with Gasteiger partial charge in [-0.05, 0) is 19.3 Å². The molecule has 3 aliphatic rings. The van der Waals surface area contributed by atoms with Crippen LogP contribution in [0.1, 0.15) is 19.3 Å². The first-order chi connectivity index (χ1) is 6.08. The van der Waals surface area contributed by atoms with E-state index in [0.717, 1.165) is 0 Å². The third kappa shape index (κ3) is 1.17. The summed E-state index contributed by atoms with van der Waals surface area (Å²) in [4.78, 5) is 0. The minimum atomic E-state index is -1.66. The Kier molecular flexibility index (Phi) is 2.04. The molecule has 3 aliphatic carbocycles. The zero-order chi connectivity index (χ0) is 9.64. The maximum Gasteiger partial charge on any atom is 0.135 e. The van der Waals surface area contributed by atoms with Gasteiger partial charge in [0.2, 0.25) is 0 Å². The van der Waals surface area contributed by atoms with Gasteiger partial charge in [-0.15, -0.1) is 0 Å². The minimum absolute atomic E-state index is 0.00315. The maximum atomic E-state index is 13.6. The van der Waals surface area contributed by atoms with Crippen LogP contribution in [0.3, 0.4) is 0 Å². The van der Waals surface area contributed by atoms with Crippen LogP contribution in [0.5, 0.6) is 0 Å². The summed E-state index contributed by atoms with van der Waals surface area (Å²) in [6.45, 7) is -0.867. The highest BCUT2D eigenvalue weighted by molar-refractivity contribution is 5.08. The van der Waals surface area contributed by atoms with Crippen LogP contribution in [-0.2, 0) is 0 Å². The quantitative estimate of drug-likeness (QED) is 0.566. The lowest BCUT2D eigenvalue weighted by Gasteiger charge is -2.47. The normalized spacial score (nSPS) is 55.4. The van der Waals surface area contributed by atoms with Gasteiger partial charge in [0.25, 0.3) is 0 Å². The molecule has 0 heterocycles. The topological polar surface area (TPSA) is 0 Å². The summed E-state index contributed by atoms with van der Waals surface area (Å²) in [5.74, 6) is -1.63. The number of halogens is 4. The summed E-state index contributed by atoms with van der Waals surface area (Å²) in [5, 5.41) is 0. The van der Waals surface area contributed by atoms with Gasteiger partial charge >= 0.3 is 0 Å². The van der Waals surface area contributed by atoms with Crippen LogP contribution in [0.15, 0.2) is 0 Å². The average Bonchev–Trinajstić information content (AvgIpc) is 2.23. The molecule has 0 N–H and O–H groups in total. The van der Waals surface area contributed by atoms with Crippen LogP contribution in [0.25, 0.3) is 0 Å². The molecule has 0 amide bonds. The summed E-state index contributed by atoms with van der Waals surface area (Å²) in [5.41, 5.74) is -1.62. The summed E-state index contributed by atoms with van der Waals surface area (Å²) in [6.07, 6.45) is -3.39. The van der Waals surface area contributed by atoms with E-state index in [4.69, 9.17) is 0 Å². The zero-order valence-electron chi connectivity index (χ0n) is 7.15. The van der Waals surface area contributed by atoms with Gasteiger partial charge in [0.1, 0.15) is 18.0 Å². The van der Waals surface area contributed by atoms with Crippen LogP contribution in [-0.4, -0.2) is 24.7 Å². The third-order valence-electron chi connectivity index (χ3n) is 3.51. The first-order valence-corrected chi connectivity index (χ1v) is 4.61. The molecular weight excluding hydrogens is 184 g/mol. The Morgan fingerprint density at radius 2 is 2.00 bits per heavy atom. The number of alkyl halides is 4. The molecule has 3 fully saturated rings. The lowest BCUT2D eigenvalue weighted by molar-refractivity contribution is -0.105.